The molecule has 0 aliphatic carbocycles. The lowest BCUT2D eigenvalue weighted by Crippen LogP contribution is -2.51. The van der Waals surface area contributed by atoms with Crippen molar-refractivity contribution in [3.05, 3.63) is 0 Å². The lowest BCUT2D eigenvalue weighted by Gasteiger charge is -2.42. The summed E-state index contributed by atoms with van der Waals surface area (Å²) in [6, 6.07) is 0. The normalized spacial score (nSPS) is 14.9. The van der Waals surface area contributed by atoms with Gasteiger partial charge in [-0.2, -0.15) is 0 Å². The molecule has 5 N–H and O–H groups in total. The number of carbonyl (C=O) groups is 1. The first kappa shape index (κ1) is 29.5. The average molecular weight is 430 g/mol. The summed E-state index contributed by atoms with van der Waals surface area (Å²) in [4.78, 5) is 12.7. The molecule has 0 fully saturated rings. The van der Waals surface area contributed by atoms with Gasteiger partial charge in [-0.3, -0.25) is 10.1 Å². The zero-order chi connectivity index (χ0) is 24.2. The molecule has 0 spiro atoms. The maximum Gasteiger partial charge on any atom is 0.157 e. The van der Waals surface area contributed by atoms with Crippen LogP contribution in [0, 0.1) is 5.41 Å². The van der Waals surface area contributed by atoms with Gasteiger partial charge in [-0.15, -0.1) is 0 Å². The number of ketones is 1. The Balaban J connectivity index is 4.74. The topological polar surface area (TPSA) is 99.6 Å². The molecule has 0 aromatic rings. The first-order chi connectivity index (χ1) is 13.0. The van der Waals surface area contributed by atoms with Crippen molar-refractivity contribution in [2.24, 2.45) is 16.9 Å². The highest BCUT2D eigenvalue weighted by atomic mass is 16.5. The van der Waals surface area contributed by atoms with Gasteiger partial charge in [0, 0.05) is 5.41 Å². The van der Waals surface area contributed by atoms with Crippen molar-refractivity contribution in [2.45, 2.75) is 130 Å². The van der Waals surface area contributed by atoms with Crippen LogP contribution in [0.3, 0.4) is 0 Å². The Morgan fingerprint density at radius 1 is 0.767 bits per heavy atom. The Morgan fingerprint density at radius 3 is 1.70 bits per heavy atom. The average Bonchev–Trinajstić information content (AvgIpc) is 2.40. The molecule has 0 saturated carbocycles. The van der Waals surface area contributed by atoms with Gasteiger partial charge in [-0.05, 0) is 95.0 Å². The quantitative estimate of drug-likeness (QED) is 0.359. The van der Waals surface area contributed by atoms with Gasteiger partial charge in [0.25, 0.3) is 0 Å². The summed E-state index contributed by atoms with van der Waals surface area (Å²) in [6.07, 6.45) is 2.22. The standard InChI is InChI=1S/C24H51N3O3/c1-19(2,18(28)23(9,10)25)17-22(7,8)30-21(5,6)14-16-29-20(3,4)13-15-27-24(11,12)26/h27H,13-17,25-26H2,1-12H3. The molecule has 180 valence electrons. The lowest BCUT2D eigenvalue weighted by molar-refractivity contribution is -0.160. The van der Waals surface area contributed by atoms with E-state index in [-0.39, 0.29) is 22.6 Å². The molecule has 0 heterocycles. The van der Waals surface area contributed by atoms with Gasteiger partial charge in [0.1, 0.15) is 0 Å². The van der Waals surface area contributed by atoms with E-state index in [0.29, 0.717) is 13.0 Å². The van der Waals surface area contributed by atoms with Crippen molar-refractivity contribution in [3.63, 3.8) is 0 Å². The highest BCUT2D eigenvalue weighted by molar-refractivity contribution is 5.92. The van der Waals surface area contributed by atoms with Crippen LogP contribution in [0.1, 0.15) is 102 Å². The number of Topliss-reactive ketones (excluding diaryl/α,β-unsaturated/α-hetero) is 1. The first-order valence-electron chi connectivity index (χ1n) is 11.2. The van der Waals surface area contributed by atoms with Crippen LogP contribution < -0.4 is 16.8 Å². The Morgan fingerprint density at radius 2 is 1.27 bits per heavy atom. The minimum Gasteiger partial charge on any atom is -0.375 e. The molecule has 0 unspecified atom stereocenters. The Bertz CT molecular complexity index is 553. The van der Waals surface area contributed by atoms with Crippen LogP contribution in [-0.2, 0) is 14.3 Å². The number of carbonyl (C=O) groups excluding carboxylic acids is 1. The molecular formula is C24H51N3O3. The monoisotopic (exact) mass is 429 g/mol. The molecule has 6 heteroatoms. The van der Waals surface area contributed by atoms with E-state index in [9.17, 15) is 4.79 Å². The molecule has 0 aliphatic heterocycles. The largest absolute Gasteiger partial charge is 0.375 e. The van der Waals surface area contributed by atoms with Gasteiger partial charge >= 0.3 is 0 Å². The van der Waals surface area contributed by atoms with Crippen molar-refractivity contribution in [2.75, 3.05) is 13.2 Å². The number of nitrogens with one attached hydrogen (secondary N) is 1. The van der Waals surface area contributed by atoms with Gasteiger partial charge in [0.15, 0.2) is 5.78 Å². The Hall–Kier alpha value is -0.530. The first-order valence-corrected chi connectivity index (χ1v) is 11.2. The van der Waals surface area contributed by atoms with Crippen molar-refractivity contribution in [1.82, 2.24) is 5.32 Å². The second-order valence-electron chi connectivity index (χ2n) is 12.5. The minimum absolute atomic E-state index is 0.0452. The van der Waals surface area contributed by atoms with E-state index in [1.54, 1.807) is 13.8 Å². The number of nitrogens with two attached hydrogens (primary N) is 2. The summed E-state index contributed by atoms with van der Waals surface area (Å²) in [5, 5.41) is 3.29. The van der Waals surface area contributed by atoms with Crippen LogP contribution in [0.5, 0.6) is 0 Å². The van der Waals surface area contributed by atoms with Gasteiger partial charge in [0.2, 0.25) is 0 Å². The van der Waals surface area contributed by atoms with Crippen LogP contribution in [0.25, 0.3) is 0 Å². The van der Waals surface area contributed by atoms with Crippen LogP contribution >= 0.6 is 0 Å². The molecule has 0 bridgehead atoms. The highest BCUT2D eigenvalue weighted by Gasteiger charge is 2.42. The zero-order valence-electron chi connectivity index (χ0n) is 21.9. The van der Waals surface area contributed by atoms with Gasteiger partial charge < -0.3 is 20.9 Å². The summed E-state index contributed by atoms with van der Waals surface area (Å²) < 4.78 is 12.6. The molecule has 0 radical (unpaired) electrons. The summed E-state index contributed by atoms with van der Waals surface area (Å²) in [6.45, 7) is 25.1. The number of rotatable bonds is 14. The molecule has 0 aromatic heterocycles. The van der Waals surface area contributed by atoms with Crippen LogP contribution in [0.15, 0.2) is 0 Å². The van der Waals surface area contributed by atoms with E-state index >= 15 is 0 Å². The van der Waals surface area contributed by atoms with E-state index in [1.165, 1.54) is 0 Å². The van der Waals surface area contributed by atoms with Gasteiger partial charge in [0.05, 0.1) is 34.6 Å². The molecule has 0 aliphatic rings. The maximum atomic E-state index is 12.7. The van der Waals surface area contributed by atoms with Crippen molar-refractivity contribution < 1.29 is 14.3 Å². The van der Waals surface area contributed by atoms with Crippen LogP contribution in [-0.4, -0.2) is 46.9 Å². The zero-order valence-corrected chi connectivity index (χ0v) is 21.9. The minimum atomic E-state index is -0.859. The smallest absolute Gasteiger partial charge is 0.157 e. The fourth-order valence-corrected chi connectivity index (χ4v) is 4.18. The molecule has 0 rings (SSSR count). The highest BCUT2D eigenvalue weighted by Crippen LogP contribution is 2.36. The van der Waals surface area contributed by atoms with E-state index in [4.69, 9.17) is 20.9 Å². The Kier molecular flexibility index (Phi) is 9.77. The third-order valence-electron chi connectivity index (χ3n) is 5.12. The van der Waals surface area contributed by atoms with Crippen LogP contribution in [0.2, 0.25) is 0 Å². The number of ether oxygens (including phenoxy) is 2. The van der Waals surface area contributed by atoms with Gasteiger partial charge in [-0.1, -0.05) is 13.8 Å². The van der Waals surface area contributed by atoms with E-state index in [2.05, 4.69) is 33.0 Å². The molecule has 0 atom stereocenters. The SMILES string of the molecule is CC(C)(N)NCCC(C)(C)OCCC(C)(C)OC(C)(C)CC(C)(C)C(=O)C(C)(C)N. The fraction of sp³-hybridized carbons (Fsp3) is 0.958. The van der Waals surface area contributed by atoms with E-state index < -0.39 is 16.6 Å². The third kappa shape index (κ3) is 12.4. The predicted molar refractivity (Wildman–Crippen MR) is 126 cm³/mol. The predicted octanol–water partition coefficient (Wildman–Crippen LogP) is 4.14. The van der Waals surface area contributed by atoms with E-state index in [1.807, 2.05) is 41.5 Å². The molecule has 0 saturated heterocycles. The lowest BCUT2D eigenvalue weighted by atomic mass is 9.72. The molecule has 6 nitrogen and oxygen atoms in total. The second-order valence-corrected chi connectivity index (χ2v) is 12.5. The summed E-state index contributed by atoms with van der Waals surface area (Å²) >= 11 is 0. The molecular weight excluding hydrogens is 378 g/mol. The summed E-state index contributed by atoms with van der Waals surface area (Å²) in [5.41, 5.74) is 9.12. The Labute approximate surface area is 186 Å². The second kappa shape index (κ2) is 9.95. The molecule has 0 amide bonds. The maximum absolute atomic E-state index is 12.7. The summed E-state index contributed by atoms with van der Waals surface area (Å²) in [7, 11) is 0. The summed E-state index contributed by atoms with van der Waals surface area (Å²) in [5.74, 6) is 0.0452. The van der Waals surface area contributed by atoms with Crippen molar-refractivity contribution >= 4 is 5.78 Å². The molecule has 0 aromatic carbocycles. The molecule has 30 heavy (non-hydrogen) atoms. The van der Waals surface area contributed by atoms with Crippen molar-refractivity contribution in [1.29, 1.82) is 0 Å². The van der Waals surface area contributed by atoms with E-state index in [0.717, 1.165) is 19.4 Å². The fourth-order valence-electron chi connectivity index (χ4n) is 4.18. The van der Waals surface area contributed by atoms with Crippen molar-refractivity contribution in [3.8, 4) is 0 Å². The number of hydrogen-bond donors (Lipinski definition) is 3. The van der Waals surface area contributed by atoms with Gasteiger partial charge in [-0.25, -0.2) is 0 Å². The third-order valence-corrected chi connectivity index (χ3v) is 5.12. The number of hydrogen-bond acceptors (Lipinski definition) is 6. The van der Waals surface area contributed by atoms with Crippen LogP contribution in [0.4, 0.5) is 0 Å².